The van der Waals surface area contributed by atoms with Crippen LogP contribution in [0.3, 0.4) is 0 Å². The number of rotatable bonds is 21. The number of halogens is 1. The maximum Gasteiger partial charge on any atom is 0.327 e. The van der Waals surface area contributed by atoms with Gasteiger partial charge in [-0.1, -0.05) is 139 Å². The van der Waals surface area contributed by atoms with Crippen molar-refractivity contribution >= 4 is 20.2 Å². The van der Waals surface area contributed by atoms with Crippen molar-refractivity contribution in [2.45, 2.75) is 121 Å². The first kappa shape index (κ1) is 32.3. The maximum absolute atomic E-state index is 9.61. The molecule has 0 aliphatic carbocycles. The van der Waals surface area contributed by atoms with Crippen molar-refractivity contribution in [2.75, 3.05) is 6.61 Å². The first-order valence-corrected chi connectivity index (χ1v) is 16.2. The molecule has 3 nitrogen and oxygen atoms in total. The summed E-state index contributed by atoms with van der Waals surface area (Å²) in [5.74, 6) is 0. The van der Waals surface area contributed by atoms with Crippen LogP contribution in [-0.2, 0) is 22.2 Å². The van der Waals surface area contributed by atoms with E-state index in [-0.39, 0.29) is 6.61 Å². The fourth-order valence-electron chi connectivity index (χ4n) is 5.24. The minimum Gasteiger partial charge on any atom is -0.328 e. The first-order chi connectivity index (χ1) is 18.0. The molecule has 0 heterocycles. The van der Waals surface area contributed by atoms with Crippen LogP contribution in [0.1, 0.15) is 126 Å². The lowest BCUT2D eigenvalue weighted by atomic mass is 9.83. The van der Waals surface area contributed by atoms with Crippen LogP contribution in [-0.4, -0.2) is 16.4 Å². The van der Waals surface area contributed by atoms with E-state index in [0.717, 1.165) is 36.8 Å². The fraction of sp³-hybridized carbons (Fsp3) is 0.625. The van der Waals surface area contributed by atoms with Gasteiger partial charge in [0.15, 0.2) is 0 Å². The van der Waals surface area contributed by atoms with Crippen molar-refractivity contribution in [3.05, 3.63) is 70.8 Å². The van der Waals surface area contributed by atoms with E-state index in [4.69, 9.17) is 16.1 Å². The summed E-state index contributed by atoms with van der Waals surface area (Å²) < 4.78 is 5.43. The van der Waals surface area contributed by atoms with Crippen LogP contribution in [0.4, 0.5) is 0 Å². The quantitative estimate of drug-likeness (QED) is 0.0926. The monoisotopic (exact) mass is 548 g/mol. The number of hydrogen-bond acceptors (Lipinski definition) is 3. The largest absolute Gasteiger partial charge is 0.328 e. The van der Waals surface area contributed by atoms with Gasteiger partial charge in [-0.25, -0.2) is 0 Å². The van der Waals surface area contributed by atoms with Crippen LogP contribution in [0.2, 0.25) is 0 Å². The minimum absolute atomic E-state index is 0.0231. The SMILES string of the molecule is CCCCCCCCCc1ccccc1C(Cl)(COP(O)O)c1ccccc1CCCCCCCCC. The van der Waals surface area contributed by atoms with Crippen molar-refractivity contribution in [1.29, 1.82) is 0 Å². The normalized spacial score (nSPS) is 11.9. The minimum atomic E-state index is -2.49. The van der Waals surface area contributed by atoms with Gasteiger partial charge in [0.05, 0.1) is 6.61 Å². The predicted octanol–water partition coefficient (Wildman–Crippen LogP) is 9.98. The Hall–Kier alpha value is -0.960. The van der Waals surface area contributed by atoms with Crippen LogP contribution in [0, 0.1) is 0 Å². The third-order valence-corrected chi connectivity index (χ3v) is 8.24. The average Bonchev–Trinajstić information content (AvgIpc) is 2.91. The molecule has 0 spiro atoms. The number of benzene rings is 2. The molecular formula is C32H50ClO3P. The fourth-order valence-corrected chi connectivity index (χ4v) is 6.05. The molecule has 0 bridgehead atoms. The zero-order valence-electron chi connectivity index (χ0n) is 23.3. The van der Waals surface area contributed by atoms with Crippen LogP contribution < -0.4 is 0 Å². The predicted molar refractivity (Wildman–Crippen MR) is 160 cm³/mol. The van der Waals surface area contributed by atoms with Crippen molar-refractivity contribution in [1.82, 2.24) is 0 Å². The Labute approximate surface area is 233 Å². The summed E-state index contributed by atoms with van der Waals surface area (Å²) in [6, 6.07) is 16.7. The molecule has 0 aliphatic heterocycles. The van der Waals surface area contributed by atoms with Gasteiger partial charge < -0.3 is 14.3 Å². The molecule has 0 aromatic heterocycles. The highest BCUT2D eigenvalue weighted by atomic mass is 35.5. The Bertz CT molecular complexity index is 796. The number of unbranched alkanes of at least 4 members (excludes halogenated alkanes) is 12. The Morgan fingerprint density at radius 1 is 0.622 bits per heavy atom. The van der Waals surface area contributed by atoms with Gasteiger partial charge in [-0.15, -0.1) is 11.6 Å². The molecule has 0 fully saturated rings. The molecule has 0 amide bonds. The second-order valence-corrected chi connectivity index (χ2v) is 11.8. The molecule has 0 unspecified atom stereocenters. The van der Waals surface area contributed by atoms with Gasteiger partial charge in [0, 0.05) is 0 Å². The Kier molecular flexibility index (Phi) is 16.7. The zero-order valence-corrected chi connectivity index (χ0v) is 24.9. The van der Waals surface area contributed by atoms with Crippen LogP contribution in [0.5, 0.6) is 0 Å². The smallest absolute Gasteiger partial charge is 0.327 e. The molecule has 2 N–H and O–H groups in total. The molecule has 0 saturated heterocycles. The van der Waals surface area contributed by atoms with Crippen molar-refractivity contribution in [3.8, 4) is 0 Å². The Morgan fingerprint density at radius 2 is 1.00 bits per heavy atom. The van der Waals surface area contributed by atoms with Gasteiger partial charge >= 0.3 is 8.60 Å². The first-order valence-electron chi connectivity index (χ1n) is 14.7. The summed E-state index contributed by atoms with van der Waals surface area (Å²) in [5, 5.41) is 0. The van der Waals surface area contributed by atoms with Gasteiger partial charge in [-0.2, -0.15) is 0 Å². The third kappa shape index (κ3) is 11.8. The molecule has 2 aromatic carbocycles. The van der Waals surface area contributed by atoms with Gasteiger partial charge in [-0.05, 0) is 47.9 Å². The van der Waals surface area contributed by atoms with Gasteiger partial charge in [0.2, 0.25) is 0 Å². The highest BCUT2D eigenvalue weighted by Crippen LogP contribution is 2.43. The van der Waals surface area contributed by atoms with E-state index in [1.165, 1.54) is 88.2 Å². The summed E-state index contributed by atoms with van der Waals surface area (Å²) in [7, 11) is -2.49. The Balaban J connectivity index is 2.18. The molecule has 2 rings (SSSR count). The lowest BCUT2D eigenvalue weighted by Crippen LogP contribution is -2.29. The van der Waals surface area contributed by atoms with E-state index in [9.17, 15) is 9.79 Å². The van der Waals surface area contributed by atoms with Crippen molar-refractivity contribution < 1.29 is 14.3 Å². The van der Waals surface area contributed by atoms with E-state index in [0.29, 0.717) is 0 Å². The Morgan fingerprint density at radius 3 is 1.41 bits per heavy atom. The van der Waals surface area contributed by atoms with E-state index in [1.807, 2.05) is 12.1 Å². The molecule has 0 saturated carbocycles. The average molecular weight is 549 g/mol. The molecule has 0 aliphatic rings. The van der Waals surface area contributed by atoms with Crippen molar-refractivity contribution in [3.63, 3.8) is 0 Å². The molecule has 5 heteroatoms. The van der Waals surface area contributed by atoms with E-state index in [2.05, 4.69) is 50.2 Å². The standard InChI is InChI=1S/C32H50ClO3P/c1-3-5-7-9-11-13-15-21-28-23-17-19-25-30(28)32(33,27-36-37(34)35)31-26-20-18-24-29(31)22-16-14-12-10-8-6-4-2/h17-20,23-26,34-35H,3-16,21-22,27H2,1-2H3. The van der Waals surface area contributed by atoms with Gasteiger partial charge in [-0.3, -0.25) is 0 Å². The van der Waals surface area contributed by atoms with E-state index in [1.54, 1.807) is 0 Å². The number of hydrogen-bond donors (Lipinski definition) is 2. The van der Waals surface area contributed by atoms with Crippen LogP contribution in [0.25, 0.3) is 0 Å². The lowest BCUT2D eigenvalue weighted by molar-refractivity contribution is 0.235. The maximum atomic E-state index is 9.61. The lowest BCUT2D eigenvalue weighted by Gasteiger charge is -2.32. The highest BCUT2D eigenvalue weighted by molar-refractivity contribution is 7.39. The summed E-state index contributed by atoms with van der Waals surface area (Å²) in [6.07, 6.45) is 19.7. The van der Waals surface area contributed by atoms with Crippen LogP contribution >= 0.6 is 20.2 Å². The molecule has 0 radical (unpaired) electrons. The number of alkyl halides is 1. The second-order valence-electron chi connectivity index (χ2n) is 10.4. The summed E-state index contributed by atoms with van der Waals surface area (Å²) in [5.41, 5.74) is 4.49. The second kappa shape index (κ2) is 19.2. The zero-order chi connectivity index (χ0) is 26.8. The molecule has 37 heavy (non-hydrogen) atoms. The molecule has 0 atom stereocenters. The van der Waals surface area contributed by atoms with Crippen molar-refractivity contribution in [2.24, 2.45) is 0 Å². The van der Waals surface area contributed by atoms with Crippen LogP contribution in [0.15, 0.2) is 48.5 Å². The molecular weight excluding hydrogens is 499 g/mol. The summed E-state index contributed by atoms with van der Waals surface area (Å²) in [4.78, 5) is 18.3. The molecule has 208 valence electrons. The molecule has 2 aromatic rings. The number of aryl methyl sites for hydroxylation is 2. The third-order valence-electron chi connectivity index (χ3n) is 7.37. The summed E-state index contributed by atoms with van der Waals surface area (Å²) in [6.45, 7) is 4.53. The van der Waals surface area contributed by atoms with Gasteiger partial charge in [0.25, 0.3) is 0 Å². The van der Waals surface area contributed by atoms with Gasteiger partial charge in [0.1, 0.15) is 4.87 Å². The summed E-state index contributed by atoms with van der Waals surface area (Å²) >= 11 is 7.50. The van der Waals surface area contributed by atoms with E-state index < -0.39 is 13.5 Å². The topological polar surface area (TPSA) is 49.7 Å². The van der Waals surface area contributed by atoms with E-state index >= 15 is 0 Å². The highest BCUT2D eigenvalue weighted by Gasteiger charge is 2.36.